The van der Waals surface area contributed by atoms with Gasteiger partial charge in [0.1, 0.15) is 6.61 Å². The largest absolute Gasteiger partial charge is 0.448 e. The summed E-state index contributed by atoms with van der Waals surface area (Å²) in [7, 11) is -2.99. The van der Waals surface area contributed by atoms with Crippen molar-refractivity contribution in [1.82, 2.24) is 5.32 Å². The molecule has 16 heavy (non-hydrogen) atoms. The van der Waals surface area contributed by atoms with Gasteiger partial charge in [-0.15, -0.1) is 23.2 Å². The Morgan fingerprint density at radius 1 is 1.56 bits per heavy atom. The van der Waals surface area contributed by atoms with Crippen molar-refractivity contribution in [1.29, 1.82) is 0 Å². The van der Waals surface area contributed by atoms with Crippen LogP contribution in [0.4, 0.5) is 4.79 Å². The fraction of sp³-hybridized carbons (Fsp3) is 0.875. The molecule has 0 aromatic heterocycles. The summed E-state index contributed by atoms with van der Waals surface area (Å²) in [5.41, 5.74) is 0. The van der Waals surface area contributed by atoms with Gasteiger partial charge in [0.15, 0.2) is 9.84 Å². The summed E-state index contributed by atoms with van der Waals surface area (Å²) in [6.45, 7) is 0.0103. The highest BCUT2D eigenvalue weighted by atomic mass is 35.5. The molecular formula is C8H13Cl2NO4S. The molecule has 0 aromatic carbocycles. The first kappa shape index (κ1) is 13.9. The molecule has 1 N–H and O–H groups in total. The van der Waals surface area contributed by atoms with Crippen LogP contribution in [-0.4, -0.2) is 49.9 Å². The first-order valence-electron chi connectivity index (χ1n) is 4.76. The number of nitrogens with one attached hydrogen (secondary N) is 1. The van der Waals surface area contributed by atoms with Crippen molar-refractivity contribution in [3.63, 3.8) is 0 Å². The van der Waals surface area contributed by atoms with Crippen molar-refractivity contribution in [3.8, 4) is 0 Å². The van der Waals surface area contributed by atoms with Crippen LogP contribution < -0.4 is 5.32 Å². The van der Waals surface area contributed by atoms with Gasteiger partial charge in [0.25, 0.3) is 0 Å². The molecule has 0 radical (unpaired) electrons. The summed E-state index contributed by atoms with van der Waals surface area (Å²) in [6.07, 6.45) is -0.227. The van der Waals surface area contributed by atoms with E-state index in [2.05, 4.69) is 5.32 Å². The quantitative estimate of drug-likeness (QED) is 0.775. The van der Waals surface area contributed by atoms with Gasteiger partial charge in [-0.2, -0.15) is 0 Å². The van der Waals surface area contributed by atoms with E-state index in [1.807, 2.05) is 0 Å². The second-order valence-corrected chi connectivity index (χ2v) is 6.75. The lowest BCUT2D eigenvalue weighted by molar-refractivity contribution is 0.144. The van der Waals surface area contributed by atoms with E-state index in [0.717, 1.165) is 0 Å². The Hall–Kier alpha value is -0.200. The summed E-state index contributed by atoms with van der Waals surface area (Å²) in [5, 5.41) is 2.04. The Kier molecular flexibility index (Phi) is 5.14. The molecule has 94 valence electrons. The molecule has 1 aliphatic heterocycles. The Morgan fingerprint density at radius 3 is 2.75 bits per heavy atom. The molecule has 1 heterocycles. The molecule has 1 fully saturated rings. The number of hydrogen-bond acceptors (Lipinski definition) is 4. The number of hydrogen-bond donors (Lipinski definition) is 1. The highest BCUT2D eigenvalue weighted by Gasteiger charge is 2.29. The molecule has 0 aliphatic carbocycles. The van der Waals surface area contributed by atoms with Crippen LogP contribution in [-0.2, 0) is 14.6 Å². The topological polar surface area (TPSA) is 72.5 Å². The normalized spacial score (nSPS) is 25.0. The molecule has 0 unspecified atom stereocenters. The van der Waals surface area contributed by atoms with Gasteiger partial charge in [-0.3, -0.25) is 0 Å². The highest BCUT2D eigenvalue weighted by molar-refractivity contribution is 7.91. The van der Waals surface area contributed by atoms with E-state index in [4.69, 9.17) is 27.9 Å². The molecule has 1 rings (SSSR count). The average Bonchev–Trinajstić information content (AvgIpc) is 2.54. The van der Waals surface area contributed by atoms with Crippen LogP contribution in [0.25, 0.3) is 0 Å². The number of carbonyl (C=O) groups excluding carboxylic acids is 1. The maximum absolute atomic E-state index is 11.2. The SMILES string of the molecule is O=C(N[C@@H]1CCS(=O)(=O)C1)OC[C@H](Cl)CCl. The van der Waals surface area contributed by atoms with Gasteiger partial charge in [0, 0.05) is 11.9 Å². The zero-order valence-electron chi connectivity index (χ0n) is 8.49. The second-order valence-electron chi connectivity index (χ2n) is 3.59. The summed E-state index contributed by atoms with van der Waals surface area (Å²) < 4.78 is 27.0. The average molecular weight is 290 g/mol. The van der Waals surface area contributed by atoms with E-state index in [9.17, 15) is 13.2 Å². The molecular weight excluding hydrogens is 277 g/mol. The molecule has 0 spiro atoms. The van der Waals surface area contributed by atoms with Crippen molar-refractivity contribution < 1.29 is 17.9 Å². The first-order valence-corrected chi connectivity index (χ1v) is 7.56. The summed E-state index contributed by atoms with van der Waals surface area (Å²) in [4.78, 5) is 11.2. The van der Waals surface area contributed by atoms with Crippen LogP contribution in [0.15, 0.2) is 0 Å². The van der Waals surface area contributed by atoms with Crippen LogP contribution >= 0.6 is 23.2 Å². The zero-order valence-corrected chi connectivity index (χ0v) is 10.8. The minimum Gasteiger partial charge on any atom is -0.448 e. The van der Waals surface area contributed by atoms with Crippen LogP contribution in [0.1, 0.15) is 6.42 Å². The van der Waals surface area contributed by atoms with Gasteiger partial charge in [-0.25, -0.2) is 13.2 Å². The molecule has 1 aliphatic rings. The van der Waals surface area contributed by atoms with E-state index in [1.165, 1.54) is 0 Å². The molecule has 8 heteroatoms. The molecule has 1 saturated heterocycles. The first-order chi connectivity index (χ1) is 7.43. The summed E-state index contributed by atoms with van der Waals surface area (Å²) in [5.74, 6) is 0.270. The second kappa shape index (κ2) is 5.93. The van der Waals surface area contributed by atoms with Crippen molar-refractivity contribution in [2.45, 2.75) is 17.8 Å². The molecule has 5 nitrogen and oxygen atoms in total. The molecule has 1 amide bonds. The Bertz CT molecular complexity index is 346. The van der Waals surface area contributed by atoms with Crippen molar-refractivity contribution in [2.75, 3.05) is 24.0 Å². The zero-order chi connectivity index (χ0) is 12.2. The third kappa shape index (κ3) is 4.76. The number of alkyl halides is 2. The van der Waals surface area contributed by atoms with Crippen LogP contribution in [0, 0.1) is 0 Å². The molecule has 0 bridgehead atoms. The number of ether oxygens (including phenoxy) is 1. The van der Waals surface area contributed by atoms with Gasteiger partial charge in [-0.05, 0) is 6.42 Å². The number of amides is 1. The van der Waals surface area contributed by atoms with Crippen molar-refractivity contribution >= 4 is 39.1 Å². The standard InChI is InChI=1S/C8H13Cl2NO4S/c9-3-6(10)4-15-8(12)11-7-1-2-16(13,14)5-7/h6-7H,1-5H2,(H,11,12)/t6-,7-/m1/s1. The summed E-state index contributed by atoms with van der Waals surface area (Å²) in [6, 6.07) is -0.359. The van der Waals surface area contributed by atoms with Crippen molar-refractivity contribution in [3.05, 3.63) is 0 Å². The summed E-state index contributed by atoms with van der Waals surface area (Å²) >= 11 is 11.1. The third-order valence-electron chi connectivity index (χ3n) is 2.12. The minimum absolute atomic E-state index is 0.0103. The lowest BCUT2D eigenvalue weighted by atomic mass is 10.3. The highest BCUT2D eigenvalue weighted by Crippen LogP contribution is 2.11. The molecule has 0 saturated carbocycles. The van der Waals surface area contributed by atoms with Crippen LogP contribution in [0.5, 0.6) is 0 Å². The maximum atomic E-state index is 11.2. The lowest BCUT2D eigenvalue weighted by Gasteiger charge is -2.12. The third-order valence-corrected chi connectivity index (χ3v) is 4.70. The number of rotatable bonds is 4. The number of halogens is 2. The maximum Gasteiger partial charge on any atom is 0.407 e. The van der Waals surface area contributed by atoms with Gasteiger partial charge >= 0.3 is 6.09 Å². The Morgan fingerprint density at radius 2 is 2.25 bits per heavy atom. The van der Waals surface area contributed by atoms with Gasteiger partial charge in [-0.1, -0.05) is 0 Å². The van der Waals surface area contributed by atoms with Gasteiger partial charge in [0.2, 0.25) is 0 Å². The van der Waals surface area contributed by atoms with E-state index in [0.29, 0.717) is 6.42 Å². The van der Waals surface area contributed by atoms with Crippen LogP contribution in [0.2, 0.25) is 0 Å². The predicted octanol–water partition coefficient (Wildman–Crippen LogP) is 0.746. The smallest absolute Gasteiger partial charge is 0.407 e. The van der Waals surface area contributed by atoms with Crippen LogP contribution in [0.3, 0.4) is 0 Å². The Balaban J connectivity index is 2.25. The van der Waals surface area contributed by atoms with E-state index in [-0.39, 0.29) is 30.0 Å². The fourth-order valence-electron chi connectivity index (χ4n) is 1.33. The van der Waals surface area contributed by atoms with Crippen molar-refractivity contribution in [2.24, 2.45) is 0 Å². The monoisotopic (exact) mass is 289 g/mol. The lowest BCUT2D eigenvalue weighted by Crippen LogP contribution is -2.37. The minimum atomic E-state index is -2.99. The number of sulfone groups is 1. The fourth-order valence-corrected chi connectivity index (χ4v) is 3.15. The molecule has 0 aromatic rings. The Labute approximate surface area is 104 Å². The van der Waals surface area contributed by atoms with E-state index in [1.54, 1.807) is 0 Å². The van der Waals surface area contributed by atoms with E-state index < -0.39 is 21.3 Å². The number of carbonyl (C=O) groups is 1. The predicted molar refractivity (Wildman–Crippen MR) is 61.9 cm³/mol. The molecule has 2 atom stereocenters. The van der Waals surface area contributed by atoms with Gasteiger partial charge in [0.05, 0.1) is 16.9 Å². The number of alkyl carbamates (subject to hydrolysis) is 1. The van der Waals surface area contributed by atoms with Gasteiger partial charge < -0.3 is 10.1 Å². The van der Waals surface area contributed by atoms with E-state index >= 15 is 0 Å².